The Morgan fingerprint density at radius 2 is 1.89 bits per heavy atom. The van der Waals surface area contributed by atoms with Crippen LogP contribution in [0.1, 0.15) is 63.4 Å². The number of nitrogens with one attached hydrogen (secondary N) is 1. The van der Waals surface area contributed by atoms with Gasteiger partial charge in [0.2, 0.25) is 5.91 Å². The highest BCUT2D eigenvalue weighted by Crippen LogP contribution is 2.40. The van der Waals surface area contributed by atoms with Crippen LogP contribution in [-0.2, 0) is 16.1 Å². The van der Waals surface area contributed by atoms with E-state index in [4.69, 9.17) is 14.2 Å². The van der Waals surface area contributed by atoms with Crippen LogP contribution in [0.25, 0.3) is 10.9 Å². The molecule has 1 aliphatic carbocycles. The lowest BCUT2D eigenvalue weighted by Gasteiger charge is -2.45. The van der Waals surface area contributed by atoms with Gasteiger partial charge < -0.3 is 29.0 Å². The first kappa shape index (κ1) is 25.4. The van der Waals surface area contributed by atoms with Crippen molar-refractivity contribution < 1.29 is 23.8 Å². The zero-order valence-electron chi connectivity index (χ0n) is 21.7. The number of amides is 2. The second-order valence-corrected chi connectivity index (χ2v) is 9.97. The summed E-state index contributed by atoms with van der Waals surface area (Å²) in [7, 11) is 3.23. The van der Waals surface area contributed by atoms with E-state index in [0.29, 0.717) is 55.8 Å². The van der Waals surface area contributed by atoms with Crippen molar-refractivity contribution in [3.8, 4) is 11.5 Å². The summed E-state index contributed by atoms with van der Waals surface area (Å²) in [5, 5.41) is 4.12. The van der Waals surface area contributed by atoms with Gasteiger partial charge in [0.15, 0.2) is 0 Å². The molecule has 1 aliphatic heterocycles. The molecule has 4 rings (SSSR count). The molecule has 2 heterocycles. The molecule has 1 aromatic carbocycles. The summed E-state index contributed by atoms with van der Waals surface area (Å²) in [6.07, 6.45) is 5.07. The minimum atomic E-state index is -1.05. The Bertz CT molecular complexity index is 1080. The van der Waals surface area contributed by atoms with E-state index in [2.05, 4.69) is 12.2 Å². The van der Waals surface area contributed by atoms with Crippen molar-refractivity contribution in [1.29, 1.82) is 0 Å². The van der Waals surface area contributed by atoms with E-state index in [1.54, 1.807) is 19.1 Å². The quantitative estimate of drug-likeness (QED) is 0.543. The molecule has 35 heavy (non-hydrogen) atoms. The third-order valence-corrected chi connectivity index (χ3v) is 7.74. The summed E-state index contributed by atoms with van der Waals surface area (Å²) < 4.78 is 18.7. The number of ether oxygens (including phenoxy) is 3. The average molecular weight is 486 g/mol. The van der Waals surface area contributed by atoms with Crippen LogP contribution in [0, 0.1) is 5.92 Å². The van der Waals surface area contributed by atoms with Crippen LogP contribution in [0.3, 0.4) is 0 Å². The van der Waals surface area contributed by atoms with Crippen molar-refractivity contribution >= 4 is 22.7 Å². The lowest BCUT2D eigenvalue weighted by molar-refractivity contribution is -0.134. The molecule has 0 bridgehead atoms. The number of methoxy groups -OCH3 is 2. The van der Waals surface area contributed by atoms with Crippen molar-refractivity contribution in [3.63, 3.8) is 0 Å². The fraction of sp³-hybridized carbons (Fsp3) is 0.630. The minimum absolute atomic E-state index is 0.102. The predicted molar refractivity (Wildman–Crippen MR) is 135 cm³/mol. The van der Waals surface area contributed by atoms with Gasteiger partial charge in [0.1, 0.15) is 22.7 Å². The van der Waals surface area contributed by atoms with Gasteiger partial charge in [-0.25, -0.2) is 0 Å². The molecule has 1 fully saturated rings. The number of rotatable bonds is 9. The molecule has 3 atom stereocenters. The topological polar surface area (TPSA) is 82.0 Å². The van der Waals surface area contributed by atoms with Crippen molar-refractivity contribution in [2.45, 2.75) is 71.0 Å². The van der Waals surface area contributed by atoms with Gasteiger partial charge in [-0.15, -0.1) is 0 Å². The van der Waals surface area contributed by atoms with Gasteiger partial charge in [-0.2, -0.15) is 0 Å². The normalized spacial score (nSPS) is 24.4. The standard InChI is InChI=1S/C27H39N3O5/c1-6-35-15-9-14-30-25(31)21-16-19-22(33-4)12-13-23(34-5)24(19)29(21)17-27(30,3)26(32)28-20-11-8-7-10-18(20)2/h12-13,16,18,20H,6-11,14-15,17H2,1-5H3,(H,28,32)/t18-,20-,27-/m1/s1. The first-order chi connectivity index (χ1) is 16.8. The smallest absolute Gasteiger partial charge is 0.271 e. The SMILES string of the molecule is CCOCCCN1C(=O)c2cc3c(OC)ccc(OC)c3n2C[C@]1(C)C(=O)N[C@@H]1CCCC[C@H]1C. The van der Waals surface area contributed by atoms with Gasteiger partial charge in [-0.1, -0.05) is 19.8 Å². The molecule has 8 nitrogen and oxygen atoms in total. The molecule has 1 saturated carbocycles. The summed E-state index contributed by atoms with van der Waals surface area (Å²) in [5.41, 5.74) is 0.262. The molecule has 192 valence electrons. The molecule has 2 aromatic rings. The average Bonchev–Trinajstić information content (AvgIpc) is 3.23. The fourth-order valence-corrected chi connectivity index (χ4v) is 5.63. The Hall–Kier alpha value is -2.74. The Morgan fingerprint density at radius 3 is 2.57 bits per heavy atom. The Kier molecular flexibility index (Phi) is 7.59. The predicted octanol–water partition coefficient (Wildman–Crippen LogP) is 3.99. The van der Waals surface area contributed by atoms with Crippen LogP contribution in [0.2, 0.25) is 0 Å². The largest absolute Gasteiger partial charge is 0.496 e. The molecule has 2 aliphatic rings. The monoisotopic (exact) mass is 485 g/mol. The van der Waals surface area contributed by atoms with Gasteiger partial charge in [-0.05, 0) is 57.2 Å². The van der Waals surface area contributed by atoms with Crippen molar-refractivity contribution in [1.82, 2.24) is 14.8 Å². The second-order valence-electron chi connectivity index (χ2n) is 9.97. The number of benzene rings is 1. The van der Waals surface area contributed by atoms with Crippen LogP contribution in [0.15, 0.2) is 18.2 Å². The maximum atomic E-state index is 13.9. The number of aromatic nitrogens is 1. The molecule has 0 unspecified atom stereocenters. The molecular formula is C27H39N3O5. The van der Waals surface area contributed by atoms with E-state index in [1.165, 1.54) is 6.42 Å². The summed E-state index contributed by atoms with van der Waals surface area (Å²) >= 11 is 0. The molecule has 2 amide bonds. The maximum absolute atomic E-state index is 13.9. The summed E-state index contributed by atoms with van der Waals surface area (Å²) in [6.45, 7) is 7.99. The van der Waals surface area contributed by atoms with Crippen LogP contribution >= 0.6 is 0 Å². The number of carbonyl (C=O) groups excluding carboxylic acids is 2. The summed E-state index contributed by atoms with van der Waals surface area (Å²) in [6, 6.07) is 5.67. The lowest BCUT2D eigenvalue weighted by atomic mass is 9.85. The van der Waals surface area contributed by atoms with Crippen molar-refractivity contribution in [2.24, 2.45) is 5.92 Å². The highest BCUT2D eigenvalue weighted by atomic mass is 16.5. The van der Waals surface area contributed by atoms with E-state index in [9.17, 15) is 9.59 Å². The third-order valence-electron chi connectivity index (χ3n) is 7.74. The highest BCUT2D eigenvalue weighted by molar-refractivity contribution is 6.05. The first-order valence-electron chi connectivity index (χ1n) is 12.8. The van der Waals surface area contributed by atoms with Gasteiger partial charge in [0.25, 0.3) is 5.91 Å². The van der Waals surface area contributed by atoms with Gasteiger partial charge in [0, 0.05) is 31.2 Å². The van der Waals surface area contributed by atoms with Crippen molar-refractivity contribution in [3.05, 3.63) is 23.9 Å². The summed E-state index contributed by atoms with van der Waals surface area (Å²) in [5.74, 6) is 1.47. The number of fused-ring (bicyclic) bond motifs is 3. The van der Waals surface area contributed by atoms with Gasteiger partial charge in [0.05, 0.1) is 26.3 Å². The number of hydrogen-bond acceptors (Lipinski definition) is 5. The Labute approximate surface area is 207 Å². The van der Waals surface area contributed by atoms with E-state index >= 15 is 0 Å². The molecule has 0 radical (unpaired) electrons. The molecule has 1 N–H and O–H groups in total. The number of carbonyl (C=O) groups is 2. The highest BCUT2D eigenvalue weighted by Gasteiger charge is 2.48. The minimum Gasteiger partial charge on any atom is -0.496 e. The van der Waals surface area contributed by atoms with Crippen LogP contribution < -0.4 is 14.8 Å². The molecule has 1 aromatic heterocycles. The number of nitrogens with zero attached hydrogens (tertiary/aromatic N) is 2. The summed E-state index contributed by atoms with van der Waals surface area (Å²) in [4.78, 5) is 29.6. The van der Waals surface area contributed by atoms with E-state index in [-0.39, 0.29) is 17.9 Å². The third kappa shape index (κ3) is 4.60. The Morgan fingerprint density at radius 1 is 1.17 bits per heavy atom. The zero-order valence-corrected chi connectivity index (χ0v) is 21.7. The van der Waals surface area contributed by atoms with Crippen LogP contribution in [-0.4, -0.2) is 66.8 Å². The molecular weight excluding hydrogens is 446 g/mol. The zero-order chi connectivity index (χ0) is 25.2. The number of hydrogen-bond donors (Lipinski definition) is 1. The van der Waals surface area contributed by atoms with E-state index < -0.39 is 5.54 Å². The molecule has 8 heteroatoms. The first-order valence-corrected chi connectivity index (χ1v) is 12.8. The fourth-order valence-electron chi connectivity index (χ4n) is 5.63. The molecule has 0 spiro atoms. The van der Waals surface area contributed by atoms with Crippen LogP contribution in [0.5, 0.6) is 11.5 Å². The van der Waals surface area contributed by atoms with E-state index in [0.717, 1.165) is 30.2 Å². The lowest BCUT2D eigenvalue weighted by Crippen LogP contribution is -2.65. The van der Waals surface area contributed by atoms with Gasteiger partial charge in [-0.3, -0.25) is 9.59 Å². The van der Waals surface area contributed by atoms with E-state index in [1.807, 2.05) is 36.6 Å². The Balaban J connectivity index is 1.76. The van der Waals surface area contributed by atoms with Gasteiger partial charge >= 0.3 is 0 Å². The molecule has 0 saturated heterocycles. The maximum Gasteiger partial charge on any atom is 0.271 e. The second kappa shape index (κ2) is 10.5. The van der Waals surface area contributed by atoms with Crippen LogP contribution in [0.4, 0.5) is 0 Å². The van der Waals surface area contributed by atoms with Crippen molar-refractivity contribution in [2.75, 3.05) is 34.0 Å².